The van der Waals surface area contributed by atoms with E-state index in [-0.39, 0.29) is 11.6 Å². The third kappa shape index (κ3) is 2.38. The molecule has 17 heavy (non-hydrogen) atoms. The van der Waals surface area contributed by atoms with Gasteiger partial charge in [-0.1, -0.05) is 0 Å². The molecule has 90 valence electrons. The zero-order chi connectivity index (χ0) is 12.6. The van der Waals surface area contributed by atoms with Gasteiger partial charge < -0.3 is 5.73 Å². The topological polar surface area (TPSA) is 69.6 Å². The van der Waals surface area contributed by atoms with Crippen molar-refractivity contribution in [3.05, 3.63) is 28.5 Å². The Hall–Kier alpha value is -1.64. The molecule has 9 heteroatoms. The molecule has 5 nitrogen and oxygen atoms in total. The van der Waals surface area contributed by atoms with E-state index >= 15 is 0 Å². The largest absolute Gasteiger partial charge is 0.435 e. The SMILES string of the molecule is Nc1nn(-c2ccc(C(F)(F)F)nn2)cc1Br. The summed E-state index contributed by atoms with van der Waals surface area (Å²) in [6.07, 6.45) is -3.03. The van der Waals surface area contributed by atoms with E-state index in [0.717, 1.165) is 12.1 Å². The summed E-state index contributed by atoms with van der Waals surface area (Å²) in [5, 5.41) is 10.3. The predicted octanol–water partition coefficient (Wildman–Crippen LogP) is 2.03. The minimum Gasteiger partial charge on any atom is -0.381 e. The first-order chi connectivity index (χ1) is 7.88. The van der Waals surface area contributed by atoms with E-state index in [1.165, 1.54) is 10.9 Å². The lowest BCUT2D eigenvalue weighted by atomic mass is 10.4. The van der Waals surface area contributed by atoms with Crippen LogP contribution in [0.1, 0.15) is 5.69 Å². The van der Waals surface area contributed by atoms with Crippen LogP contribution in [0.2, 0.25) is 0 Å². The van der Waals surface area contributed by atoms with Crippen LogP contribution < -0.4 is 5.73 Å². The molecular formula is C8H5BrF3N5. The van der Waals surface area contributed by atoms with Crippen molar-refractivity contribution in [2.24, 2.45) is 0 Å². The molecule has 0 aromatic carbocycles. The number of aromatic nitrogens is 4. The van der Waals surface area contributed by atoms with Crippen molar-refractivity contribution in [3.8, 4) is 5.82 Å². The quantitative estimate of drug-likeness (QED) is 0.875. The number of nitrogen functional groups attached to an aromatic ring is 1. The molecule has 0 saturated heterocycles. The monoisotopic (exact) mass is 307 g/mol. The molecule has 0 aliphatic carbocycles. The summed E-state index contributed by atoms with van der Waals surface area (Å²) in [5.74, 6) is 0.363. The average Bonchev–Trinajstić information content (AvgIpc) is 2.58. The van der Waals surface area contributed by atoms with Crippen LogP contribution in [0.25, 0.3) is 5.82 Å². The Kier molecular flexibility index (Phi) is 2.77. The molecule has 0 aliphatic rings. The van der Waals surface area contributed by atoms with Gasteiger partial charge in [0.25, 0.3) is 0 Å². The number of alkyl halides is 3. The van der Waals surface area contributed by atoms with Crippen molar-refractivity contribution in [2.75, 3.05) is 5.73 Å². The zero-order valence-electron chi connectivity index (χ0n) is 8.11. The first-order valence-electron chi connectivity index (χ1n) is 4.30. The van der Waals surface area contributed by atoms with Gasteiger partial charge in [0.15, 0.2) is 17.3 Å². The van der Waals surface area contributed by atoms with Crippen molar-refractivity contribution in [2.45, 2.75) is 6.18 Å². The highest BCUT2D eigenvalue weighted by atomic mass is 79.9. The Labute approximate surface area is 102 Å². The molecule has 0 spiro atoms. The van der Waals surface area contributed by atoms with E-state index in [4.69, 9.17) is 5.73 Å². The highest BCUT2D eigenvalue weighted by Gasteiger charge is 2.32. The van der Waals surface area contributed by atoms with E-state index in [1.807, 2.05) is 0 Å². The lowest BCUT2D eigenvalue weighted by molar-refractivity contribution is -0.141. The molecule has 0 fully saturated rings. The van der Waals surface area contributed by atoms with Gasteiger partial charge in [-0.15, -0.1) is 15.3 Å². The number of anilines is 1. The van der Waals surface area contributed by atoms with Crippen molar-refractivity contribution >= 4 is 21.7 Å². The van der Waals surface area contributed by atoms with Gasteiger partial charge in [0.05, 0.1) is 4.47 Å². The fourth-order valence-electron chi connectivity index (χ4n) is 1.08. The summed E-state index contributed by atoms with van der Waals surface area (Å²) < 4.78 is 38.5. The lowest BCUT2D eigenvalue weighted by Gasteiger charge is -2.04. The number of halogens is 4. The summed E-state index contributed by atoms with van der Waals surface area (Å²) in [6.45, 7) is 0. The van der Waals surface area contributed by atoms with E-state index < -0.39 is 11.9 Å². The Balaban J connectivity index is 2.36. The normalized spacial score (nSPS) is 11.8. The van der Waals surface area contributed by atoms with Crippen LogP contribution in [0.3, 0.4) is 0 Å². The molecule has 0 amide bonds. The van der Waals surface area contributed by atoms with Crippen molar-refractivity contribution in [3.63, 3.8) is 0 Å². The van der Waals surface area contributed by atoms with E-state index in [1.54, 1.807) is 0 Å². The molecule has 2 rings (SSSR count). The minimum atomic E-state index is -4.50. The second kappa shape index (κ2) is 3.99. The van der Waals surface area contributed by atoms with Gasteiger partial charge in [-0.05, 0) is 28.1 Å². The molecule has 2 N–H and O–H groups in total. The standard InChI is InChI=1S/C8H5BrF3N5/c9-4-3-17(16-7(4)13)6-2-1-5(14-15-6)8(10,11)12/h1-3H,(H2,13,16). The molecule has 0 saturated carbocycles. The van der Waals surface area contributed by atoms with E-state index in [9.17, 15) is 13.2 Å². The molecule has 2 aromatic heterocycles. The summed E-state index contributed by atoms with van der Waals surface area (Å²) in [6, 6.07) is 1.99. The molecule has 0 unspecified atom stereocenters. The molecule has 2 heterocycles. The minimum absolute atomic E-state index is 0.149. The van der Waals surface area contributed by atoms with Gasteiger partial charge in [0.1, 0.15) is 0 Å². The number of hydrogen-bond acceptors (Lipinski definition) is 4. The maximum absolute atomic E-state index is 12.2. The van der Waals surface area contributed by atoms with Crippen LogP contribution in [0.5, 0.6) is 0 Å². The highest BCUT2D eigenvalue weighted by molar-refractivity contribution is 9.10. The van der Waals surface area contributed by atoms with Crippen LogP contribution >= 0.6 is 15.9 Å². The van der Waals surface area contributed by atoms with Crippen molar-refractivity contribution in [1.29, 1.82) is 0 Å². The Morgan fingerprint density at radius 1 is 1.24 bits per heavy atom. The zero-order valence-corrected chi connectivity index (χ0v) is 9.70. The van der Waals surface area contributed by atoms with E-state index in [2.05, 4.69) is 31.2 Å². The number of rotatable bonds is 1. The Morgan fingerprint density at radius 3 is 2.35 bits per heavy atom. The maximum Gasteiger partial charge on any atom is 0.435 e. The number of nitrogens with two attached hydrogens (primary N) is 1. The summed E-state index contributed by atoms with van der Waals surface area (Å²) >= 11 is 3.12. The van der Waals surface area contributed by atoms with Crippen molar-refractivity contribution in [1.82, 2.24) is 20.0 Å². The fourth-order valence-corrected chi connectivity index (χ4v) is 1.36. The number of nitrogens with zero attached hydrogens (tertiary/aromatic N) is 4. The van der Waals surface area contributed by atoms with Crippen molar-refractivity contribution < 1.29 is 13.2 Å². The Morgan fingerprint density at radius 2 is 1.94 bits per heavy atom. The smallest absolute Gasteiger partial charge is 0.381 e. The molecule has 2 aromatic rings. The molecule has 0 aliphatic heterocycles. The summed E-state index contributed by atoms with van der Waals surface area (Å²) in [4.78, 5) is 0. The van der Waals surface area contributed by atoms with Gasteiger partial charge in [0.2, 0.25) is 0 Å². The molecule has 0 bridgehead atoms. The van der Waals surface area contributed by atoms with Crippen LogP contribution in [0.15, 0.2) is 22.8 Å². The average molecular weight is 308 g/mol. The maximum atomic E-state index is 12.2. The second-order valence-electron chi connectivity index (χ2n) is 3.08. The van der Waals surface area contributed by atoms with Gasteiger partial charge in [0, 0.05) is 6.20 Å². The molecule has 0 atom stereocenters. The molecule has 0 radical (unpaired) electrons. The first kappa shape index (κ1) is 11.8. The highest BCUT2D eigenvalue weighted by Crippen LogP contribution is 2.27. The second-order valence-corrected chi connectivity index (χ2v) is 3.94. The van der Waals surface area contributed by atoms with Gasteiger partial charge in [-0.25, -0.2) is 4.68 Å². The predicted molar refractivity (Wildman–Crippen MR) is 56.3 cm³/mol. The first-order valence-corrected chi connectivity index (χ1v) is 5.09. The van der Waals surface area contributed by atoms with Gasteiger partial charge in [-0.3, -0.25) is 0 Å². The van der Waals surface area contributed by atoms with Crippen LogP contribution in [-0.4, -0.2) is 20.0 Å². The molecular weight excluding hydrogens is 303 g/mol. The van der Waals surface area contributed by atoms with Crippen LogP contribution in [0.4, 0.5) is 19.0 Å². The van der Waals surface area contributed by atoms with Gasteiger partial charge >= 0.3 is 6.18 Å². The lowest BCUT2D eigenvalue weighted by Crippen LogP contribution is -2.10. The van der Waals surface area contributed by atoms with E-state index in [0.29, 0.717) is 4.47 Å². The fraction of sp³-hybridized carbons (Fsp3) is 0.125. The van der Waals surface area contributed by atoms with Crippen LogP contribution in [0, 0.1) is 0 Å². The third-order valence-electron chi connectivity index (χ3n) is 1.87. The number of hydrogen-bond donors (Lipinski definition) is 1. The Bertz CT molecular complexity index is 514. The third-order valence-corrected chi connectivity index (χ3v) is 2.48. The van der Waals surface area contributed by atoms with Gasteiger partial charge in [-0.2, -0.15) is 13.2 Å². The summed E-state index contributed by atoms with van der Waals surface area (Å²) in [7, 11) is 0. The summed E-state index contributed by atoms with van der Waals surface area (Å²) in [5.41, 5.74) is 4.41. The van der Waals surface area contributed by atoms with Crippen LogP contribution in [-0.2, 0) is 6.18 Å².